The summed E-state index contributed by atoms with van der Waals surface area (Å²) in [6, 6.07) is 0. The van der Waals surface area contributed by atoms with E-state index in [2.05, 4.69) is 194 Å². The van der Waals surface area contributed by atoms with Crippen molar-refractivity contribution in [3.8, 4) is 0 Å². The molecule has 7 heteroatoms. The maximum absolute atomic E-state index is 11.2. The zero-order valence-corrected chi connectivity index (χ0v) is 41.2. The van der Waals surface area contributed by atoms with Crippen LogP contribution >= 0.6 is 0 Å². The minimum Gasteiger partial charge on any atom is -0.678 e. The van der Waals surface area contributed by atoms with Gasteiger partial charge in [-0.25, -0.2) is 0 Å². The zero-order valence-electron chi connectivity index (χ0n) is 36.6. The molecule has 0 bridgehead atoms. The van der Waals surface area contributed by atoms with E-state index in [0.29, 0.717) is 0 Å². The Kier molecular flexibility index (Phi) is 20.4. The quantitative estimate of drug-likeness (QED) is 0.193. The molecule has 3 N–H and O–H groups in total. The first-order valence-corrected chi connectivity index (χ1v) is 23.0. The van der Waals surface area contributed by atoms with Crippen molar-refractivity contribution in [1.29, 1.82) is 0 Å². The molecular weight excluding hydrogens is 635 g/mol. The molecule has 0 aliphatic carbocycles. The van der Waals surface area contributed by atoms with Crippen molar-refractivity contribution in [1.82, 2.24) is 0 Å². The molecule has 0 unspecified atom stereocenters. The van der Waals surface area contributed by atoms with Crippen LogP contribution in [0.5, 0.6) is 0 Å². The van der Waals surface area contributed by atoms with E-state index in [4.69, 9.17) is 5.40 Å². The average Bonchev–Trinajstić information content (AvgIpc) is 2.66. The molecule has 0 spiro atoms. The van der Waals surface area contributed by atoms with Crippen molar-refractivity contribution < 1.29 is 31.3 Å². The molecule has 0 aliphatic heterocycles. The second-order valence-electron chi connectivity index (χ2n) is 22.4. The Bertz CT molecular complexity index is 616. The van der Waals surface area contributed by atoms with Gasteiger partial charge in [-0.05, 0) is 38.5 Å². The van der Waals surface area contributed by atoms with Crippen molar-refractivity contribution in [2.45, 2.75) is 239 Å². The van der Waals surface area contributed by atoms with E-state index in [1.807, 2.05) is 0 Å². The van der Waals surface area contributed by atoms with Crippen molar-refractivity contribution in [3.63, 3.8) is 0 Å². The molecular formula is C38H89NO2Si3Ti. The number of nitrogens with one attached hydrogen (secondary N) is 1. The van der Waals surface area contributed by atoms with Crippen LogP contribution in [0, 0.1) is 6.92 Å². The van der Waals surface area contributed by atoms with Crippen LogP contribution in [0.15, 0.2) is 0 Å². The summed E-state index contributed by atoms with van der Waals surface area (Å²) in [6.07, 6.45) is 0. The number of hydrogen-bond donors (Lipinski definition) is 2. The van der Waals surface area contributed by atoms with Gasteiger partial charge in [0.2, 0.25) is 16.6 Å². The van der Waals surface area contributed by atoms with E-state index in [1.165, 1.54) is 0 Å². The zero-order chi connectivity index (χ0) is 38.0. The predicted molar refractivity (Wildman–Crippen MR) is 214 cm³/mol. The minimum absolute atomic E-state index is 0. The third-order valence-electron chi connectivity index (χ3n) is 9.89. The van der Waals surface area contributed by atoms with Crippen LogP contribution in [-0.4, -0.2) is 34.5 Å². The topological polar surface area (TPSA) is 64.3 Å². The fourth-order valence-electron chi connectivity index (χ4n) is 10.1. The monoisotopic (exact) mass is 724 g/mol. The van der Waals surface area contributed by atoms with Crippen LogP contribution in [0.25, 0.3) is 5.40 Å². The molecule has 274 valence electrons. The van der Waals surface area contributed by atoms with Crippen molar-refractivity contribution >= 4 is 24.9 Å². The van der Waals surface area contributed by atoms with Gasteiger partial charge in [-0.2, -0.15) is 6.92 Å². The molecule has 3 nitrogen and oxygen atoms in total. The molecule has 0 amide bonds. The number of rotatable bonds is 0. The van der Waals surface area contributed by atoms with Crippen LogP contribution in [0.2, 0.25) is 45.3 Å². The van der Waals surface area contributed by atoms with Crippen LogP contribution < -0.4 is 0 Å². The van der Waals surface area contributed by atoms with Gasteiger partial charge in [-0.15, -0.1) is 0 Å². The average molecular weight is 724 g/mol. The molecule has 0 atom stereocenters. The second-order valence-corrected chi connectivity index (χ2v) is 40.3. The molecule has 0 saturated heterocycles. The third-order valence-corrected chi connectivity index (χ3v) is 29.7. The van der Waals surface area contributed by atoms with E-state index in [9.17, 15) is 9.59 Å². The van der Waals surface area contributed by atoms with Gasteiger partial charge in [-0.1, -0.05) is 202 Å². The van der Waals surface area contributed by atoms with Gasteiger partial charge in [0.15, 0.2) is 0 Å². The van der Waals surface area contributed by atoms with Gasteiger partial charge in [0.05, 0.1) is 0 Å². The Hall–Kier alpha value is 1.24. The maximum atomic E-state index is 11.2. The molecule has 0 fully saturated rings. The normalized spacial score (nSPS) is 14.9. The molecule has 0 saturated carbocycles. The Morgan fingerprint density at radius 3 is 0.400 bits per heavy atom. The Morgan fingerprint density at radius 2 is 0.400 bits per heavy atom. The standard InChI is InChI=1S/C12H28NSi.2C12H28OSi.C2H5.Ti/c3*1-10(2,3)14(13,11(4,5)6)12(7,8)9;1-2;/h3*13H,1-9H3;1H2,2H3;/q-1;;;-1;+2. The van der Waals surface area contributed by atoms with Gasteiger partial charge in [0, 0.05) is 0 Å². The van der Waals surface area contributed by atoms with Gasteiger partial charge in [0.1, 0.15) is 0 Å². The first-order valence-electron chi connectivity index (χ1n) is 17.2. The molecule has 0 rings (SSSR count). The summed E-state index contributed by atoms with van der Waals surface area (Å²) in [4.78, 5) is 22.3. The summed E-state index contributed by atoms with van der Waals surface area (Å²) >= 11 is 0. The van der Waals surface area contributed by atoms with Gasteiger partial charge >= 0.3 is 21.7 Å². The molecule has 0 radical (unpaired) electrons. The minimum atomic E-state index is -2.35. The molecule has 45 heavy (non-hydrogen) atoms. The molecule has 0 aliphatic rings. The summed E-state index contributed by atoms with van der Waals surface area (Å²) in [5.74, 6) is 0. The van der Waals surface area contributed by atoms with Crippen LogP contribution in [0.3, 0.4) is 0 Å². The molecule has 0 heterocycles. The van der Waals surface area contributed by atoms with Crippen molar-refractivity contribution in [2.24, 2.45) is 0 Å². The first kappa shape index (κ1) is 55.6. The Labute approximate surface area is 306 Å². The van der Waals surface area contributed by atoms with E-state index in [1.54, 1.807) is 6.92 Å². The number of hydrogen-bond acceptors (Lipinski definition) is 2. The summed E-state index contributed by atoms with van der Waals surface area (Å²) < 4.78 is 0. The van der Waals surface area contributed by atoms with E-state index >= 15 is 0 Å². The SMILES string of the molecule is CC(C)(C)[Si](O)(C(C)(C)C)C(C)(C)C.CC(C)(C)[Si](O)(C(C)(C)C)C(C)(C)C.CC(C)(C)[Si]([NH-])(C(C)(C)C)C(C)(C)C.[CH2-]C.[Ti+2]. The van der Waals surface area contributed by atoms with Crippen LogP contribution in [-0.2, 0) is 21.7 Å². The van der Waals surface area contributed by atoms with Crippen molar-refractivity contribution in [2.75, 3.05) is 0 Å². The van der Waals surface area contributed by atoms with E-state index in [-0.39, 0.29) is 67.1 Å². The summed E-state index contributed by atoms with van der Waals surface area (Å²) in [5.41, 5.74) is 0. The summed E-state index contributed by atoms with van der Waals surface area (Å²) in [6.45, 7) is 64.3. The van der Waals surface area contributed by atoms with Crippen LogP contribution in [0.1, 0.15) is 194 Å². The fourth-order valence-corrected chi connectivity index (χ4v) is 30.4. The molecule has 0 aromatic rings. The van der Waals surface area contributed by atoms with Crippen molar-refractivity contribution in [3.05, 3.63) is 12.3 Å². The van der Waals surface area contributed by atoms with E-state index < -0.39 is 24.9 Å². The van der Waals surface area contributed by atoms with E-state index in [0.717, 1.165) is 0 Å². The largest absolute Gasteiger partial charge is 2.00 e. The second kappa shape index (κ2) is 16.5. The first-order chi connectivity index (χ1) is 18.2. The predicted octanol–water partition coefficient (Wildman–Crippen LogP) is 14.9. The third kappa shape index (κ3) is 12.5. The summed E-state index contributed by atoms with van der Waals surface area (Å²) in [7, 11) is -6.81. The van der Waals surface area contributed by atoms with Gasteiger partial charge in [-0.3, -0.25) is 0 Å². The fraction of sp³-hybridized carbons (Fsp3) is 0.974. The molecule has 0 aromatic heterocycles. The maximum Gasteiger partial charge on any atom is 2.00 e. The smallest absolute Gasteiger partial charge is 0.678 e. The Morgan fingerprint density at radius 1 is 0.311 bits per heavy atom. The van der Waals surface area contributed by atoms with Gasteiger partial charge in [0.25, 0.3) is 0 Å². The summed E-state index contributed by atoms with van der Waals surface area (Å²) in [5, 5.41) is 9.50. The molecule has 0 aromatic carbocycles. The Balaban J connectivity index is -0.000000171. The van der Waals surface area contributed by atoms with Crippen LogP contribution in [0.4, 0.5) is 0 Å². The van der Waals surface area contributed by atoms with Gasteiger partial charge < -0.3 is 21.9 Å².